The normalized spacial score (nSPS) is 10.7. The maximum absolute atomic E-state index is 12.1. The van der Waals surface area contributed by atoms with Crippen LogP contribution in [0.25, 0.3) is 0 Å². The van der Waals surface area contributed by atoms with E-state index in [4.69, 9.17) is 0 Å². The average molecular weight is 319 g/mol. The van der Waals surface area contributed by atoms with Crippen molar-refractivity contribution in [1.29, 1.82) is 0 Å². The van der Waals surface area contributed by atoms with Crippen LogP contribution in [0.15, 0.2) is 53.3 Å². The fraction of sp³-hybridized carbons (Fsp3) is 0.200. The number of rotatable bonds is 5. The molecule has 0 N–H and O–H groups in total. The van der Waals surface area contributed by atoms with Gasteiger partial charge in [0, 0.05) is 29.0 Å². The Morgan fingerprint density at radius 3 is 2.68 bits per heavy atom. The van der Waals surface area contributed by atoms with Gasteiger partial charge in [-0.3, -0.25) is 14.7 Å². The Hall–Kier alpha value is -1.52. The molecule has 1 aromatic heterocycles. The van der Waals surface area contributed by atoms with Gasteiger partial charge < -0.3 is 0 Å². The van der Waals surface area contributed by atoms with E-state index >= 15 is 0 Å². The van der Waals surface area contributed by atoms with Gasteiger partial charge in [-0.1, -0.05) is 28.1 Å². The van der Waals surface area contributed by atoms with Crippen LogP contribution in [0.1, 0.15) is 15.9 Å². The SMILES string of the molecule is CN(CC(=O)c1cccc(Br)c1)Cc1ccncc1. The topological polar surface area (TPSA) is 33.2 Å². The zero-order chi connectivity index (χ0) is 13.7. The van der Waals surface area contributed by atoms with E-state index in [-0.39, 0.29) is 5.78 Å². The van der Waals surface area contributed by atoms with Gasteiger partial charge in [0.15, 0.2) is 5.78 Å². The molecule has 0 spiro atoms. The summed E-state index contributed by atoms with van der Waals surface area (Å²) in [6.45, 7) is 1.14. The van der Waals surface area contributed by atoms with Crippen molar-refractivity contribution in [3.05, 3.63) is 64.4 Å². The number of pyridine rings is 1. The third-order valence-corrected chi connectivity index (χ3v) is 3.26. The van der Waals surface area contributed by atoms with Crippen molar-refractivity contribution in [1.82, 2.24) is 9.88 Å². The van der Waals surface area contributed by atoms with Gasteiger partial charge in [0.2, 0.25) is 0 Å². The first-order valence-electron chi connectivity index (χ1n) is 6.01. The largest absolute Gasteiger partial charge is 0.295 e. The van der Waals surface area contributed by atoms with Gasteiger partial charge in [-0.2, -0.15) is 0 Å². The number of carbonyl (C=O) groups is 1. The standard InChI is InChI=1S/C15H15BrN2O/c1-18(10-12-5-7-17-8-6-12)11-15(19)13-3-2-4-14(16)9-13/h2-9H,10-11H2,1H3. The monoisotopic (exact) mass is 318 g/mol. The number of Topliss-reactive ketones (excluding diaryl/α,β-unsaturated/α-hetero) is 1. The van der Waals surface area contributed by atoms with Crippen LogP contribution in [0.4, 0.5) is 0 Å². The van der Waals surface area contributed by atoms with Gasteiger partial charge in [-0.05, 0) is 36.9 Å². The summed E-state index contributed by atoms with van der Waals surface area (Å²) in [6, 6.07) is 11.4. The van der Waals surface area contributed by atoms with Crippen molar-refractivity contribution >= 4 is 21.7 Å². The minimum atomic E-state index is 0.123. The van der Waals surface area contributed by atoms with Gasteiger partial charge in [0.05, 0.1) is 6.54 Å². The summed E-state index contributed by atoms with van der Waals surface area (Å²) in [5.41, 5.74) is 1.88. The van der Waals surface area contributed by atoms with Crippen molar-refractivity contribution in [2.75, 3.05) is 13.6 Å². The minimum absolute atomic E-state index is 0.123. The van der Waals surface area contributed by atoms with Gasteiger partial charge >= 0.3 is 0 Å². The predicted molar refractivity (Wildman–Crippen MR) is 79.0 cm³/mol. The number of carbonyl (C=O) groups excluding carboxylic acids is 1. The van der Waals surface area contributed by atoms with Crippen LogP contribution in [-0.2, 0) is 6.54 Å². The first-order chi connectivity index (χ1) is 9.15. The Bertz CT molecular complexity index is 557. The molecule has 2 rings (SSSR count). The van der Waals surface area contributed by atoms with Crippen LogP contribution in [-0.4, -0.2) is 29.3 Å². The molecule has 19 heavy (non-hydrogen) atoms. The van der Waals surface area contributed by atoms with Gasteiger partial charge in [0.1, 0.15) is 0 Å². The fourth-order valence-corrected chi connectivity index (χ4v) is 2.25. The number of aromatic nitrogens is 1. The molecule has 0 aliphatic carbocycles. The highest BCUT2D eigenvalue weighted by Gasteiger charge is 2.09. The predicted octanol–water partition coefficient (Wildman–Crippen LogP) is 3.16. The molecule has 2 aromatic rings. The van der Waals surface area contributed by atoms with E-state index in [2.05, 4.69) is 20.9 Å². The summed E-state index contributed by atoms with van der Waals surface area (Å²) in [7, 11) is 1.94. The van der Waals surface area contributed by atoms with Crippen LogP contribution in [0.3, 0.4) is 0 Å². The second-order valence-electron chi connectivity index (χ2n) is 4.46. The van der Waals surface area contributed by atoms with Crippen LogP contribution >= 0.6 is 15.9 Å². The van der Waals surface area contributed by atoms with Gasteiger partial charge in [-0.25, -0.2) is 0 Å². The van der Waals surface area contributed by atoms with Crippen molar-refractivity contribution in [3.63, 3.8) is 0 Å². The van der Waals surface area contributed by atoms with E-state index in [1.807, 2.05) is 48.3 Å². The Morgan fingerprint density at radius 1 is 1.26 bits per heavy atom. The molecule has 0 aliphatic rings. The van der Waals surface area contributed by atoms with Crippen LogP contribution in [0.2, 0.25) is 0 Å². The molecular weight excluding hydrogens is 304 g/mol. The number of ketones is 1. The Balaban J connectivity index is 1.95. The number of benzene rings is 1. The van der Waals surface area contributed by atoms with E-state index in [0.29, 0.717) is 6.54 Å². The maximum Gasteiger partial charge on any atom is 0.176 e. The molecule has 0 amide bonds. The molecule has 98 valence electrons. The number of nitrogens with zero attached hydrogens (tertiary/aromatic N) is 2. The van der Waals surface area contributed by atoms with E-state index < -0.39 is 0 Å². The number of likely N-dealkylation sites (N-methyl/N-ethyl adjacent to an activating group) is 1. The zero-order valence-corrected chi connectivity index (χ0v) is 12.3. The summed E-state index contributed by atoms with van der Waals surface area (Å²) in [4.78, 5) is 18.1. The van der Waals surface area contributed by atoms with Crippen LogP contribution < -0.4 is 0 Å². The summed E-state index contributed by atoms with van der Waals surface area (Å²) in [5.74, 6) is 0.123. The van der Waals surface area contributed by atoms with Crippen molar-refractivity contribution in [2.45, 2.75) is 6.54 Å². The molecule has 0 radical (unpaired) electrons. The summed E-state index contributed by atoms with van der Waals surface area (Å²) < 4.78 is 0.926. The fourth-order valence-electron chi connectivity index (χ4n) is 1.85. The van der Waals surface area contributed by atoms with E-state index in [9.17, 15) is 4.79 Å². The lowest BCUT2D eigenvalue weighted by Gasteiger charge is -2.15. The molecule has 0 bridgehead atoms. The third kappa shape index (κ3) is 4.26. The van der Waals surface area contributed by atoms with Crippen molar-refractivity contribution < 1.29 is 4.79 Å². The van der Waals surface area contributed by atoms with Crippen LogP contribution in [0, 0.1) is 0 Å². The maximum atomic E-state index is 12.1. The number of halogens is 1. The molecule has 0 unspecified atom stereocenters. The smallest absolute Gasteiger partial charge is 0.176 e. The van der Waals surface area contributed by atoms with Gasteiger partial charge in [0.25, 0.3) is 0 Å². The Morgan fingerprint density at radius 2 is 2.00 bits per heavy atom. The van der Waals surface area contributed by atoms with E-state index in [1.54, 1.807) is 12.4 Å². The van der Waals surface area contributed by atoms with E-state index in [0.717, 1.165) is 22.1 Å². The highest BCUT2D eigenvalue weighted by atomic mass is 79.9. The lowest BCUT2D eigenvalue weighted by molar-refractivity contribution is 0.0943. The van der Waals surface area contributed by atoms with E-state index in [1.165, 1.54) is 0 Å². The summed E-state index contributed by atoms with van der Waals surface area (Å²) in [5, 5.41) is 0. The molecule has 3 nitrogen and oxygen atoms in total. The summed E-state index contributed by atoms with van der Waals surface area (Å²) in [6.07, 6.45) is 3.53. The molecule has 1 heterocycles. The minimum Gasteiger partial charge on any atom is -0.295 e. The lowest BCUT2D eigenvalue weighted by Crippen LogP contribution is -2.25. The highest BCUT2D eigenvalue weighted by molar-refractivity contribution is 9.10. The second kappa shape index (κ2) is 6.59. The lowest BCUT2D eigenvalue weighted by atomic mass is 10.1. The molecular formula is C15H15BrN2O. The van der Waals surface area contributed by atoms with Gasteiger partial charge in [-0.15, -0.1) is 0 Å². The molecule has 0 fully saturated rings. The van der Waals surface area contributed by atoms with Crippen LogP contribution in [0.5, 0.6) is 0 Å². The molecule has 0 saturated carbocycles. The van der Waals surface area contributed by atoms with Crippen molar-refractivity contribution in [3.8, 4) is 0 Å². The molecule has 0 saturated heterocycles. The summed E-state index contributed by atoms with van der Waals surface area (Å²) >= 11 is 3.38. The van der Waals surface area contributed by atoms with Crippen molar-refractivity contribution in [2.24, 2.45) is 0 Å². The molecule has 4 heteroatoms. The quantitative estimate of drug-likeness (QED) is 0.794. The Kier molecular flexibility index (Phi) is 4.82. The first kappa shape index (κ1) is 13.9. The first-order valence-corrected chi connectivity index (χ1v) is 6.80. The average Bonchev–Trinajstić information content (AvgIpc) is 2.39. The zero-order valence-electron chi connectivity index (χ0n) is 10.7. The number of hydrogen-bond donors (Lipinski definition) is 0. The third-order valence-electron chi connectivity index (χ3n) is 2.76. The molecule has 0 aliphatic heterocycles. The second-order valence-corrected chi connectivity index (χ2v) is 5.38. The molecule has 0 atom stereocenters. The molecule has 1 aromatic carbocycles. The Labute approximate surface area is 121 Å². The highest BCUT2D eigenvalue weighted by Crippen LogP contribution is 2.12. The number of hydrogen-bond acceptors (Lipinski definition) is 3.